The fraction of sp³-hybridized carbons (Fsp3) is 0.0476. The first-order valence-electron chi connectivity index (χ1n) is 15.4. The van der Waals surface area contributed by atoms with Gasteiger partial charge in [0.05, 0.1) is 11.1 Å². The average molecular weight is 595 g/mol. The summed E-state index contributed by atoms with van der Waals surface area (Å²) in [5.74, 6) is -0.987. The monoisotopic (exact) mass is 594 g/mol. The molecule has 9 aromatic carbocycles. The molecule has 4 heteroatoms. The highest BCUT2D eigenvalue weighted by molar-refractivity contribution is 6.24. The van der Waals surface area contributed by atoms with Crippen molar-refractivity contribution in [3.63, 3.8) is 0 Å². The van der Waals surface area contributed by atoms with Crippen molar-refractivity contribution < 1.29 is 19.1 Å². The van der Waals surface area contributed by atoms with Gasteiger partial charge in [-0.05, 0) is 94.0 Å². The summed E-state index contributed by atoms with van der Waals surface area (Å²) in [4.78, 5) is 26.4. The predicted octanol–water partition coefficient (Wildman–Crippen LogP) is 10.2. The number of esters is 2. The first kappa shape index (κ1) is 26.4. The van der Waals surface area contributed by atoms with Crippen LogP contribution in [0, 0.1) is 0 Å². The normalized spacial score (nSPS) is 11.8. The summed E-state index contributed by atoms with van der Waals surface area (Å²) in [5, 5.41) is 14.0. The third-order valence-electron chi connectivity index (χ3n) is 9.29. The first-order valence-corrected chi connectivity index (χ1v) is 15.4. The van der Waals surface area contributed by atoms with Gasteiger partial charge in [0.25, 0.3) is 0 Å². The molecule has 0 aliphatic rings. The second-order valence-electron chi connectivity index (χ2n) is 11.9. The predicted molar refractivity (Wildman–Crippen MR) is 185 cm³/mol. The van der Waals surface area contributed by atoms with E-state index >= 15 is 0 Å². The van der Waals surface area contributed by atoms with E-state index < -0.39 is 11.9 Å². The van der Waals surface area contributed by atoms with E-state index in [0.29, 0.717) is 11.1 Å². The molecule has 0 bridgehead atoms. The number of rotatable bonds is 6. The van der Waals surface area contributed by atoms with Crippen LogP contribution in [0.4, 0.5) is 0 Å². The number of hydrogen-bond donors (Lipinski definition) is 0. The molecular weight excluding hydrogens is 568 g/mol. The lowest BCUT2D eigenvalue weighted by molar-refractivity contribution is 0.0472. The number of ether oxygens (including phenoxy) is 2. The molecule has 0 aromatic heterocycles. The third kappa shape index (κ3) is 4.15. The van der Waals surface area contributed by atoms with E-state index in [9.17, 15) is 9.59 Å². The Balaban J connectivity index is 0.940. The fourth-order valence-electron chi connectivity index (χ4n) is 7.07. The molecule has 0 N–H and O–H groups in total. The van der Waals surface area contributed by atoms with Gasteiger partial charge in [0.15, 0.2) is 0 Å². The molecule has 0 heterocycles. The Morgan fingerprint density at radius 3 is 1.17 bits per heavy atom. The molecule has 9 rings (SSSR count). The van der Waals surface area contributed by atoms with E-state index in [0.717, 1.165) is 32.7 Å². The Labute approximate surface area is 264 Å². The van der Waals surface area contributed by atoms with E-state index in [2.05, 4.69) is 97.1 Å². The fourth-order valence-corrected chi connectivity index (χ4v) is 7.07. The largest absolute Gasteiger partial charge is 0.457 e. The lowest BCUT2D eigenvalue weighted by Gasteiger charge is -2.14. The van der Waals surface area contributed by atoms with Gasteiger partial charge in [0.2, 0.25) is 0 Å². The Hall–Kier alpha value is -6.00. The zero-order valence-electron chi connectivity index (χ0n) is 24.7. The van der Waals surface area contributed by atoms with E-state index in [1.54, 1.807) is 24.3 Å². The number of carbonyl (C=O) groups is 2. The molecule has 0 aliphatic carbocycles. The van der Waals surface area contributed by atoms with E-state index in [1.807, 2.05) is 12.1 Å². The summed E-state index contributed by atoms with van der Waals surface area (Å²) in [6.07, 6.45) is 0. The second-order valence-corrected chi connectivity index (χ2v) is 11.9. The Morgan fingerprint density at radius 1 is 0.391 bits per heavy atom. The molecule has 0 fully saturated rings. The van der Waals surface area contributed by atoms with Crippen LogP contribution in [-0.2, 0) is 22.7 Å². The van der Waals surface area contributed by atoms with E-state index in [4.69, 9.17) is 9.47 Å². The first-order chi connectivity index (χ1) is 22.6. The van der Waals surface area contributed by atoms with Crippen LogP contribution in [-0.4, -0.2) is 11.9 Å². The van der Waals surface area contributed by atoms with Crippen molar-refractivity contribution in [1.29, 1.82) is 0 Å². The molecule has 46 heavy (non-hydrogen) atoms. The molecule has 0 aliphatic heterocycles. The van der Waals surface area contributed by atoms with Crippen molar-refractivity contribution in [2.45, 2.75) is 13.2 Å². The summed E-state index contributed by atoms with van der Waals surface area (Å²) >= 11 is 0. The lowest BCUT2D eigenvalue weighted by Crippen LogP contribution is -2.09. The third-order valence-corrected chi connectivity index (χ3v) is 9.29. The minimum absolute atomic E-state index is 0.121. The van der Waals surface area contributed by atoms with Crippen LogP contribution < -0.4 is 0 Å². The Bertz CT molecular complexity index is 2420. The highest BCUT2D eigenvalue weighted by atomic mass is 16.5. The maximum Gasteiger partial charge on any atom is 0.338 e. The van der Waals surface area contributed by atoms with Crippen molar-refractivity contribution in [2.24, 2.45) is 0 Å². The minimum Gasteiger partial charge on any atom is -0.457 e. The van der Waals surface area contributed by atoms with Gasteiger partial charge in [0, 0.05) is 0 Å². The SMILES string of the molecule is O=C(OCc1ccc2ccc3cccc4ccc1c2c34)c1cccc(C(=O)OCc2ccc3ccc4cccc5ccc2c3c45)c1. The molecule has 0 amide bonds. The second kappa shape index (κ2) is 10.3. The molecule has 0 saturated heterocycles. The smallest absolute Gasteiger partial charge is 0.338 e. The van der Waals surface area contributed by atoms with Crippen molar-refractivity contribution in [3.05, 3.63) is 156 Å². The molecule has 218 valence electrons. The average Bonchev–Trinajstić information content (AvgIpc) is 3.11. The van der Waals surface area contributed by atoms with Crippen molar-refractivity contribution in [1.82, 2.24) is 0 Å². The van der Waals surface area contributed by atoms with Crippen LogP contribution in [0.25, 0.3) is 64.6 Å². The topological polar surface area (TPSA) is 52.6 Å². The minimum atomic E-state index is -0.493. The van der Waals surface area contributed by atoms with Crippen LogP contribution in [0.1, 0.15) is 31.8 Å². The van der Waals surface area contributed by atoms with Crippen LogP contribution in [0.15, 0.2) is 133 Å². The molecule has 9 aromatic rings. The van der Waals surface area contributed by atoms with E-state index in [1.165, 1.54) is 43.1 Å². The summed E-state index contributed by atoms with van der Waals surface area (Å²) < 4.78 is 11.6. The summed E-state index contributed by atoms with van der Waals surface area (Å²) in [6.45, 7) is 0.243. The van der Waals surface area contributed by atoms with Gasteiger partial charge in [-0.2, -0.15) is 0 Å². The van der Waals surface area contributed by atoms with Crippen molar-refractivity contribution in [2.75, 3.05) is 0 Å². The van der Waals surface area contributed by atoms with Crippen LogP contribution in [0.2, 0.25) is 0 Å². The van der Waals surface area contributed by atoms with Crippen molar-refractivity contribution >= 4 is 76.6 Å². The maximum atomic E-state index is 13.2. The molecule has 0 unspecified atom stereocenters. The van der Waals surface area contributed by atoms with Gasteiger partial charge in [-0.1, -0.05) is 115 Å². The molecular formula is C42H26O4. The molecule has 4 nitrogen and oxygen atoms in total. The highest BCUT2D eigenvalue weighted by Crippen LogP contribution is 2.37. The summed E-state index contributed by atoms with van der Waals surface area (Å²) in [7, 11) is 0. The zero-order valence-corrected chi connectivity index (χ0v) is 24.7. The summed E-state index contributed by atoms with van der Waals surface area (Å²) in [5.41, 5.74) is 2.47. The van der Waals surface area contributed by atoms with Crippen LogP contribution in [0.3, 0.4) is 0 Å². The van der Waals surface area contributed by atoms with Gasteiger partial charge >= 0.3 is 11.9 Å². The van der Waals surface area contributed by atoms with Crippen molar-refractivity contribution in [3.8, 4) is 0 Å². The lowest BCUT2D eigenvalue weighted by atomic mass is 9.92. The quantitative estimate of drug-likeness (QED) is 0.142. The standard InChI is InChI=1S/C42H26O4/c43-41(45-23-33-16-14-29-12-10-25-4-1-6-27-18-20-35(33)39(29)37(25)27)31-8-3-9-32(22-31)42(44)46-24-34-17-15-30-13-11-26-5-2-7-28-19-21-36(34)40(30)38(26)28/h1-22H,23-24H2. The van der Waals surface area contributed by atoms with Gasteiger partial charge in [-0.15, -0.1) is 0 Å². The van der Waals surface area contributed by atoms with Gasteiger partial charge in [0.1, 0.15) is 13.2 Å². The Morgan fingerprint density at radius 2 is 0.739 bits per heavy atom. The van der Waals surface area contributed by atoms with Crippen LogP contribution >= 0.6 is 0 Å². The highest BCUT2D eigenvalue weighted by Gasteiger charge is 2.17. The van der Waals surface area contributed by atoms with Gasteiger partial charge in [-0.25, -0.2) is 9.59 Å². The van der Waals surface area contributed by atoms with Crippen LogP contribution in [0.5, 0.6) is 0 Å². The molecule has 0 spiro atoms. The number of benzene rings is 9. The maximum absolute atomic E-state index is 13.2. The molecule has 0 saturated carbocycles. The summed E-state index contributed by atoms with van der Waals surface area (Å²) in [6, 6.07) is 44.4. The molecule has 0 radical (unpaired) electrons. The van der Waals surface area contributed by atoms with E-state index in [-0.39, 0.29) is 13.2 Å². The number of hydrogen-bond acceptors (Lipinski definition) is 4. The van der Waals surface area contributed by atoms with Gasteiger partial charge < -0.3 is 9.47 Å². The molecule has 0 atom stereocenters. The zero-order chi connectivity index (χ0) is 30.8. The van der Waals surface area contributed by atoms with Gasteiger partial charge in [-0.3, -0.25) is 0 Å². The number of carbonyl (C=O) groups excluding carboxylic acids is 2. The Kier molecular flexibility index (Phi) is 5.90.